The van der Waals surface area contributed by atoms with Crippen molar-refractivity contribution in [2.24, 2.45) is 0 Å². The van der Waals surface area contributed by atoms with E-state index in [1.54, 1.807) is 0 Å². The second kappa shape index (κ2) is 4.58. The molecule has 1 aromatic carbocycles. The van der Waals surface area contributed by atoms with Crippen molar-refractivity contribution in [1.82, 2.24) is 0 Å². The summed E-state index contributed by atoms with van der Waals surface area (Å²) in [6.45, 7) is 3.72. The van der Waals surface area contributed by atoms with Gasteiger partial charge in [0.25, 0.3) is 0 Å². The van der Waals surface area contributed by atoms with Crippen LogP contribution in [0.2, 0.25) is 0 Å². The highest BCUT2D eigenvalue weighted by molar-refractivity contribution is 5.13. The Morgan fingerprint density at radius 3 is 2.79 bits per heavy atom. The molecule has 1 aliphatic rings. The zero-order chi connectivity index (χ0) is 9.80. The molecule has 1 heterocycles. The molecule has 0 amide bonds. The molecule has 0 bridgehead atoms. The summed E-state index contributed by atoms with van der Waals surface area (Å²) in [6, 6.07) is 10.3. The van der Waals surface area contributed by atoms with Gasteiger partial charge in [0.15, 0.2) is 0 Å². The largest absolute Gasteiger partial charge is 0.374 e. The standard InChI is InChI=1S/C12H16O2/c1-10(7-12-9-14-12)13-8-11-5-3-2-4-6-11/h2-6,10,12H,7-9H2,1H3/t10?,12-/m1/s1. The Hall–Kier alpha value is -0.860. The SMILES string of the molecule is CC(C[C@@H]1CO1)OCc1ccccc1. The molecular formula is C12H16O2. The van der Waals surface area contributed by atoms with Gasteiger partial charge in [-0.3, -0.25) is 0 Å². The molecule has 1 fully saturated rings. The van der Waals surface area contributed by atoms with Crippen molar-refractivity contribution < 1.29 is 9.47 Å². The molecule has 0 aromatic heterocycles. The predicted molar refractivity (Wildman–Crippen MR) is 55.1 cm³/mol. The van der Waals surface area contributed by atoms with Crippen LogP contribution >= 0.6 is 0 Å². The maximum Gasteiger partial charge on any atom is 0.0834 e. The smallest absolute Gasteiger partial charge is 0.0834 e. The molecular weight excluding hydrogens is 176 g/mol. The fraction of sp³-hybridized carbons (Fsp3) is 0.500. The average molecular weight is 192 g/mol. The summed E-state index contributed by atoms with van der Waals surface area (Å²) < 4.78 is 10.9. The number of ether oxygens (including phenoxy) is 2. The van der Waals surface area contributed by atoms with E-state index in [-0.39, 0.29) is 0 Å². The molecule has 0 aliphatic carbocycles. The fourth-order valence-corrected chi connectivity index (χ4v) is 1.46. The van der Waals surface area contributed by atoms with Gasteiger partial charge in [-0.2, -0.15) is 0 Å². The second-order valence-electron chi connectivity index (χ2n) is 3.80. The summed E-state index contributed by atoms with van der Waals surface area (Å²) in [4.78, 5) is 0. The highest BCUT2D eigenvalue weighted by atomic mass is 16.6. The fourth-order valence-electron chi connectivity index (χ4n) is 1.46. The first-order chi connectivity index (χ1) is 6.84. The van der Waals surface area contributed by atoms with Crippen molar-refractivity contribution in [3.8, 4) is 0 Å². The van der Waals surface area contributed by atoms with Gasteiger partial charge in [-0.1, -0.05) is 30.3 Å². The Bertz CT molecular complexity index is 267. The molecule has 0 N–H and O–H groups in total. The van der Waals surface area contributed by atoms with Crippen LogP contribution in [0.3, 0.4) is 0 Å². The summed E-state index contributed by atoms with van der Waals surface area (Å²) in [6.07, 6.45) is 1.77. The van der Waals surface area contributed by atoms with E-state index in [2.05, 4.69) is 19.1 Å². The van der Waals surface area contributed by atoms with Crippen molar-refractivity contribution >= 4 is 0 Å². The van der Waals surface area contributed by atoms with E-state index in [0.29, 0.717) is 18.8 Å². The van der Waals surface area contributed by atoms with Crippen LogP contribution in [0.25, 0.3) is 0 Å². The Morgan fingerprint density at radius 2 is 2.14 bits per heavy atom. The Labute approximate surface area is 84.8 Å². The van der Waals surface area contributed by atoms with E-state index >= 15 is 0 Å². The number of epoxide rings is 1. The van der Waals surface area contributed by atoms with Gasteiger partial charge in [-0.25, -0.2) is 0 Å². The van der Waals surface area contributed by atoms with Crippen LogP contribution in [0.5, 0.6) is 0 Å². The molecule has 2 atom stereocenters. The molecule has 2 nitrogen and oxygen atoms in total. The third-order valence-corrected chi connectivity index (χ3v) is 2.37. The number of rotatable bonds is 5. The van der Waals surface area contributed by atoms with E-state index in [4.69, 9.17) is 9.47 Å². The number of benzene rings is 1. The number of hydrogen-bond acceptors (Lipinski definition) is 2. The quantitative estimate of drug-likeness (QED) is 0.668. The van der Waals surface area contributed by atoms with E-state index in [0.717, 1.165) is 13.0 Å². The maximum atomic E-state index is 5.70. The summed E-state index contributed by atoms with van der Waals surface area (Å²) in [5, 5.41) is 0. The van der Waals surface area contributed by atoms with Gasteiger partial charge in [0, 0.05) is 6.42 Å². The van der Waals surface area contributed by atoms with Crippen molar-refractivity contribution in [2.45, 2.75) is 32.2 Å². The topological polar surface area (TPSA) is 21.8 Å². The molecule has 76 valence electrons. The van der Waals surface area contributed by atoms with Crippen LogP contribution < -0.4 is 0 Å². The van der Waals surface area contributed by atoms with Gasteiger partial charge in [-0.05, 0) is 12.5 Å². The Morgan fingerprint density at radius 1 is 1.43 bits per heavy atom. The molecule has 1 aromatic rings. The van der Waals surface area contributed by atoms with Gasteiger partial charge in [0.05, 0.1) is 25.4 Å². The van der Waals surface area contributed by atoms with E-state index in [1.807, 2.05) is 18.2 Å². The summed E-state index contributed by atoms with van der Waals surface area (Å²) in [7, 11) is 0. The van der Waals surface area contributed by atoms with Crippen LogP contribution in [-0.2, 0) is 16.1 Å². The lowest BCUT2D eigenvalue weighted by Crippen LogP contribution is -2.10. The molecule has 1 unspecified atom stereocenters. The lowest BCUT2D eigenvalue weighted by molar-refractivity contribution is 0.0426. The highest BCUT2D eigenvalue weighted by Crippen LogP contribution is 2.17. The maximum absolute atomic E-state index is 5.70. The van der Waals surface area contributed by atoms with Gasteiger partial charge >= 0.3 is 0 Å². The molecule has 14 heavy (non-hydrogen) atoms. The lowest BCUT2D eigenvalue weighted by Gasteiger charge is -2.11. The second-order valence-corrected chi connectivity index (χ2v) is 3.80. The normalized spacial score (nSPS) is 21.9. The minimum Gasteiger partial charge on any atom is -0.374 e. The van der Waals surface area contributed by atoms with E-state index in [9.17, 15) is 0 Å². The van der Waals surface area contributed by atoms with Crippen LogP contribution in [-0.4, -0.2) is 18.8 Å². The monoisotopic (exact) mass is 192 g/mol. The molecule has 0 spiro atoms. The van der Waals surface area contributed by atoms with Crippen LogP contribution in [0.15, 0.2) is 30.3 Å². The van der Waals surface area contributed by atoms with Crippen LogP contribution in [0.4, 0.5) is 0 Å². The summed E-state index contributed by atoms with van der Waals surface area (Å²) in [5.41, 5.74) is 1.23. The van der Waals surface area contributed by atoms with Crippen molar-refractivity contribution in [1.29, 1.82) is 0 Å². The predicted octanol–water partition coefficient (Wildman–Crippen LogP) is 2.38. The molecule has 1 saturated heterocycles. The zero-order valence-electron chi connectivity index (χ0n) is 8.48. The molecule has 0 radical (unpaired) electrons. The third kappa shape index (κ3) is 3.13. The van der Waals surface area contributed by atoms with E-state index < -0.39 is 0 Å². The molecule has 2 rings (SSSR count). The summed E-state index contributed by atoms with van der Waals surface area (Å²) >= 11 is 0. The van der Waals surface area contributed by atoms with Gasteiger partial charge in [-0.15, -0.1) is 0 Å². The average Bonchev–Trinajstić information content (AvgIpc) is 3.00. The summed E-state index contributed by atoms with van der Waals surface area (Å²) in [5.74, 6) is 0. The van der Waals surface area contributed by atoms with E-state index in [1.165, 1.54) is 5.56 Å². The Balaban J connectivity index is 1.70. The highest BCUT2D eigenvalue weighted by Gasteiger charge is 2.24. The molecule has 1 aliphatic heterocycles. The van der Waals surface area contributed by atoms with Gasteiger partial charge in [0.2, 0.25) is 0 Å². The van der Waals surface area contributed by atoms with Crippen molar-refractivity contribution in [3.63, 3.8) is 0 Å². The lowest BCUT2D eigenvalue weighted by atomic mass is 10.2. The molecule has 2 heteroatoms. The van der Waals surface area contributed by atoms with Gasteiger partial charge < -0.3 is 9.47 Å². The van der Waals surface area contributed by atoms with Gasteiger partial charge in [0.1, 0.15) is 0 Å². The zero-order valence-corrected chi connectivity index (χ0v) is 8.48. The first-order valence-electron chi connectivity index (χ1n) is 5.12. The number of hydrogen-bond donors (Lipinski definition) is 0. The van der Waals surface area contributed by atoms with Crippen LogP contribution in [0, 0.1) is 0 Å². The minimum absolute atomic E-state index is 0.294. The first kappa shape index (κ1) is 9.69. The first-order valence-corrected chi connectivity index (χ1v) is 5.12. The molecule has 0 saturated carbocycles. The minimum atomic E-state index is 0.294. The van der Waals surface area contributed by atoms with Crippen molar-refractivity contribution in [3.05, 3.63) is 35.9 Å². The Kier molecular flexibility index (Phi) is 3.17. The third-order valence-electron chi connectivity index (χ3n) is 2.37. The van der Waals surface area contributed by atoms with Crippen LogP contribution in [0.1, 0.15) is 18.9 Å². The van der Waals surface area contributed by atoms with Crippen molar-refractivity contribution in [2.75, 3.05) is 6.61 Å².